The fourth-order valence-corrected chi connectivity index (χ4v) is 3.38. The molecule has 0 aliphatic rings. The lowest BCUT2D eigenvalue weighted by atomic mass is 10.2. The molecular formula is C20H17FN2OS. The normalized spacial score (nSPS) is 10.4. The molecule has 0 radical (unpaired) electrons. The largest absolute Gasteiger partial charge is 0.330 e. The van der Waals surface area contributed by atoms with Crippen molar-refractivity contribution in [2.75, 3.05) is 6.54 Å². The summed E-state index contributed by atoms with van der Waals surface area (Å²) in [5.74, 6) is -0.480. The number of hydrogen-bond acceptors (Lipinski definition) is 3. The number of thiazole rings is 1. The molecule has 5 heteroatoms. The molecule has 0 unspecified atom stereocenters. The first-order valence-corrected chi connectivity index (χ1v) is 8.65. The number of carbonyl (C=O) groups excluding carboxylic acids is 1. The van der Waals surface area contributed by atoms with Crippen LogP contribution in [0.4, 0.5) is 4.39 Å². The molecule has 0 saturated heterocycles. The molecule has 0 aliphatic heterocycles. The van der Waals surface area contributed by atoms with E-state index >= 15 is 0 Å². The highest BCUT2D eigenvalue weighted by molar-refractivity contribution is 7.16. The fraction of sp³-hybridized carbons (Fsp3) is 0.100. The maximum absolute atomic E-state index is 13.9. The molecule has 0 aliphatic carbocycles. The van der Waals surface area contributed by atoms with E-state index in [1.807, 2.05) is 30.3 Å². The SMILES string of the molecule is C=CCN(Cc1ccccc1)C(=O)c1cnc(-c2ccccc2F)s1. The van der Waals surface area contributed by atoms with E-state index in [-0.39, 0.29) is 11.7 Å². The number of carbonyl (C=O) groups is 1. The number of hydrogen-bond donors (Lipinski definition) is 0. The molecular weight excluding hydrogens is 335 g/mol. The van der Waals surface area contributed by atoms with E-state index in [9.17, 15) is 9.18 Å². The predicted octanol–water partition coefficient (Wildman–Crippen LogP) is 4.78. The minimum Gasteiger partial charge on any atom is -0.330 e. The number of benzene rings is 2. The van der Waals surface area contributed by atoms with Crippen molar-refractivity contribution in [2.24, 2.45) is 0 Å². The maximum atomic E-state index is 13.9. The third-order valence-electron chi connectivity index (χ3n) is 3.67. The number of halogens is 1. The third kappa shape index (κ3) is 4.00. The van der Waals surface area contributed by atoms with E-state index in [1.165, 1.54) is 23.6 Å². The molecule has 1 heterocycles. The average Bonchev–Trinajstić information content (AvgIpc) is 3.12. The van der Waals surface area contributed by atoms with Crippen molar-refractivity contribution >= 4 is 17.2 Å². The topological polar surface area (TPSA) is 33.2 Å². The van der Waals surface area contributed by atoms with Crippen molar-refractivity contribution in [3.8, 4) is 10.6 Å². The van der Waals surface area contributed by atoms with Crippen LogP contribution in [0.1, 0.15) is 15.2 Å². The number of amides is 1. The van der Waals surface area contributed by atoms with Crippen molar-refractivity contribution in [3.63, 3.8) is 0 Å². The molecule has 0 saturated carbocycles. The highest BCUT2D eigenvalue weighted by Gasteiger charge is 2.19. The second-order valence-electron chi connectivity index (χ2n) is 5.47. The van der Waals surface area contributed by atoms with Crippen LogP contribution in [0.15, 0.2) is 73.4 Å². The van der Waals surface area contributed by atoms with Gasteiger partial charge in [-0.15, -0.1) is 17.9 Å². The summed E-state index contributed by atoms with van der Waals surface area (Å²) in [6.07, 6.45) is 3.20. The summed E-state index contributed by atoms with van der Waals surface area (Å²) >= 11 is 1.20. The van der Waals surface area contributed by atoms with Gasteiger partial charge in [0.25, 0.3) is 5.91 Å². The molecule has 126 valence electrons. The van der Waals surface area contributed by atoms with E-state index in [4.69, 9.17) is 0 Å². The first kappa shape index (κ1) is 17.0. The molecule has 3 rings (SSSR count). The fourth-order valence-electron chi connectivity index (χ4n) is 2.47. The van der Waals surface area contributed by atoms with Gasteiger partial charge >= 0.3 is 0 Å². The molecule has 0 spiro atoms. The van der Waals surface area contributed by atoms with E-state index in [2.05, 4.69) is 11.6 Å². The van der Waals surface area contributed by atoms with Gasteiger partial charge in [-0.2, -0.15) is 0 Å². The lowest BCUT2D eigenvalue weighted by Gasteiger charge is -2.20. The van der Waals surface area contributed by atoms with Crippen molar-refractivity contribution in [1.29, 1.82) is 0 Å². The van der Waals surface area contributed by atoms with Gasteiger partial charge in [-0.3, -0.25) is 4.79 Å². The first-order chi connectivity index (χ1) is 12.2. The van der Waals surface area contributed by atoms with Crippen molar-refractivity contribution < 1.29 is 9.18 Å². The summed E-state index contributed by atoms with van der Waals surface area (Å²) in [5, 5.41) is 0.500. The lowest BCUT2D eigenvalue weighted by Crippen LogP contribution is -2.30. The molecule has 0 N–H and O–H groups in total. The molecule has 2 aromatic carbocycles. The molecule has 3 nitrogen and oxygen atoms in total. The van der Waals surface area contributed by atoms with E-state index in [1.54, 1.807) is 29.2 Å². The Labute approximate surface area is 150 Å². The summed E-state index contributed by atoms with van der Waals surface area (Å²) in [7, 11) is 0. The Balaban J connectivity index is 1.83. The van der Waals surface area contributed by atoms with Gasteiger partial charge in [0.2, 0.25) is 0 Å². The monoisotopic (exact) mass is 352 g/mol. The van der Waals surface area contributed by atoms with Crippen molar-refractivity contribution in [1.82, 2.24) is 9.88 Å². The zero-order chi connectivity index (χ0) is 17.6. The zero-order valence-electron chi connectivity index (χ0n) is 13.6. The van der Waals surface area contributed by atoms with E-state index in [0.717, 1.165) is 5.56 Å². The Kier molecular flexibility index (Phi) is 5.36. The van der Waals surface area contributed by atoms with Crippen LogP contribution >= 0.6 is 11.3 Å². The lowest BCUT2D eigenvalue weighted by molar-refractivity contribution is 0.0767. The summed E-state index contributed by atoms with van der Waals surface area (Å²) < 4.78 is 13.9. The maximum Gasteiger partial charge on any atom is 0.266 e. The van der Waals surface area contributed by atoms with Gasteiger partial charge in [0, 0.05) is 18.7 Å². The number of nitrogens with zero attached hydrogens (tertiary/aromatic N) is 2. The summed E-state index contributed by atoms with van der Waals surface area (Å²) in [5.41, 5.74) is 1.45. The van der Waals surface area contributed by atoms with Gasteiger partial charge in [0.05, 0.1) is 6.20 Å². The summed E-state index contributed by atoms with van der Waals surface area (Å²) in [4.78, 5) is 19.2. The molecule has 0 bridgehead atoms. The first-order valence-electron chi connectivity index (χ1n) is 7.84. The average molecular weight is 352 g/mol. The van der Waals surface area contributed by atoms with Crippen LogP contribution in [0.25, 0.3) is 10.6 Å². The van der Waals surface area contributed by atoms with Crippen LogP contribution < -0.4 is 0 Å². The Bertz CT molecular complexity index is 876. The van der Waals surface area contributed by atoms with Crippen LogP contribution in [-0.4, -0.2) is 22.3 Å². The second kappa shape index (κ2) is 7.85. The highest BCUT2D eigenvalue weighted by atomic mass is 32.1. The number of aromatic nitrogens is 1. The van der Waals surface area contributed by atoms with Crippen LogP contribution in [0.5, 0.6) is 0 Å². The Morgan fingerprint density at radius 2 is 1.88 bits per heavy atom. The van der Waals surface area contributed by atoms with Gasteiger partial charge in [0.1, 0.15) is 15.7 Å². The standard InChI is InChI=1S/C20H17FN2OS/c1-2-12-23(14-15-8-4-3-5-9-15)20(24)18-13-22-19(25-18)16-10-6-7-11-17(16)21/h2-11,13H,1,12,14H2. The van der Waals surface area contributed by atoms with Gasteiger partial charge in [0.15, 0.2) is 0 Å². The number of rotatable bonds is 6. The van der Waals surface area contributed by atoms with E-state index < -0.39 is 0 Å². The Morgan fingerprint density at radius 1 is 1.16 bits per heavy atom. The van der Waals surface area contributed by atoms with Crippen LogP contribution in [0.3, 0.4) is 0 Å². The van der Waals surface area contributed by atoms with E-state index in [0.29, 0.717) is 28.5 Å². The third-order valence-corrected chi connectivity index (χ3v) is 4.69. The van der Waals surface area contributed by atoms with Crippen molar-refractivity contribution in [2.45, 2.75) is 6.54 Å². The van der Waals surface area contributed by atoms with Crippen LogP contribution in [0.2, 0.25) is 0 Å². The summed E-state index contributed by atoms with van der Waals surface area (Å²) in [6, 6.07) is 16.2. The van der Waals surface area contributed by atoms with Crippen LogP contribution in [-0.2, 0) is 6.54 Å². The van der Waals surface area contributed by atoms with Gasteiger partial charge in [-0.25, -0.2) is 9.37 Å². The van der Waals surface area contributed by atoms with Gasteiger partial charge in [-0.1, -0.05) is 48.5 Å². The molecule has 0 atom stereocenters. The quantitative estimate of drug-likeness (QED) is 0.598. The molecule has 0 fully saturated rings. The van der Waals surface area contributed by atoms with Crippen molar-refractivity contribution in [3.05, 3.63) is 89.7 Å². The molecule has 1 amide bonds. The minimum absolute atomic E-state index is 0.135. The predicted molar refractivity (Wildman–Crippen MR) is 98.9 cm³/mol. The Hall–Kier alpha value is -2.79. The highest BCUT2D eigenvalue weighted by Crippen LogP contribution is 2.28. The zero-order valence-corrected chi connectivity index (χ0v) is 14.4. The summed E-state index contributed by atoms with van der Waals surface area (Å²) in [6.45, 7) is 4.64. The van der Waals surface area contributed by atoms with Gasteiger partial charge in [-0.05, 0) is 17.7 Å². The van der Waals surface area contributed by atoms with Crippen LogP contribution in [0, 0.1) is 5.82 Å². The smallest absolute Gasteiger partial charge is 0.266 e. The van der Waals surface area contributed by atoms with Gasteiger partial charge < -0.3 is 4.90 Å². The molecule has 3 aromatic rings. The molecule has 25 heavy (non-hydrogen) atoms. The minimum atomic E-state index is -0.344. The Morgan fingerprint density at radius 3 is 2.60 bits per heavy atom. The second-order valence-corrected chi connectivity index (χ2v) is 6.50. The molecule has 1 aromatic heterocycles.